The molecular weight excluding hydrogens is 307 g/mol. The summed E-state index contributed by atoms with van der Waals surface area (Å²) < 4.78 is 19.8. The van der Waals surface area contributed by atoms with Crippen LogP contribution in [0.1, 0.15) is 21.6 Å². The number of aromatic nitrogens is 2. The zero-order valence-corrected chi connectivity index (χ0v) is 12.2. The summed E-state index contributed by atoms with van der Waals surface area (Å²) in [6, 6.07) is 4.33. The molecule has 9 heteroatoms. The average molecular weight is 318 g/mol. The molecule has 0 aliphatic rings. The molecule has 1 aromatic carbocycles. The maximum atomic E-state index is 14.2. The lowest BCUT2D eigenvalue weighted by Crippen LogP contribution is -2.43. The van der Waals surface area contributed by atoms with E-state index in [0.717, 1.165) is 25.3 Å². The lowest BCUT2D eigenvalue weighted by Gasteiger charge is -2.11. The lowest BCUT2D eigenvalue weighted by atomic mass is 10.1. The molecule has 0 radical (unpaired) electrons. The van der Waals surface area contributed by atoms with Crippen molar-refractivity contribution in [3.63, 3.8) is 0 Å². The van der Waals surface area contributed by atoms with Crippen LogP contribution in [0.5, 0.6) is 0 Å². The van der Waals surface area contributed by atoms with Crippen molar-refractivity contribution in [1.29, 1.82) is 5.26 Å². The SMILES string of the molecule is COC(=O)c1cc(-n2c(=O)cc(C)n(N)c2=O)c(F)cc1C#N. The summed E-state index contributed by atoms with van der Waals surface area (Å²) in [6.45, 7) is 1.43. The molecule has 2 aromatic rings. The van der Waals surface area contributed by atoms with E-state index in [4.69, 9.17) is 11.1 Å². The number of esters is 1. The monoisotopic (exact) mass is 318 g/mol. The Bertz CT molecular complexity index is 968. The van der Waals surface area contributed by atoms with Gasteiger partial charge in [0.05, 0.1) is 23.9 Å². The Hall–Kier alpha value is -3.41. The first kappa shape index (κ1) is 16.0. The average Bonchev–Trinajstić information content (AvgIpc) is 2.53. The van der Waals surface area contributed by atoms with E-state index in [2.05, 4.69) is 4.74 Å². The molecule has 0 aliphatic heterocycles. The molecule has 1 heterocycles. The van der Waals surface area contributed by atoms with Gasteiger partial charge in [-0.05, 0) is 19.1 Å². The van der Waals surface area contributed by atoms with Crippen molar-refractivity contribution >= 4 is 5.97 Å². The van der Waals surface area contributed by atoms with E-state index in [1.54, 1.807) is 6.07 Å². The summed E-state index contributed by atoms with van der Waals surface area (Å²) >= 11 is 0. The number of ether oxygens (including phenoxy) is 1. The Kier molecular flexibility index (Phi) is 4.00. The van der Waals surface area contributed by atoms with Gasteiger partial charge in [-0.1, -0.05) is 0 Å². The van der Waals surface area contributed by atoms with Crippen molar-refractivity contribution < 1.29 is 13.9 Å². The van der Waals surface area contributed by atoms with Crippen LogP contribution in [0, 0.1) is 24.1 Å². The smallest absolute Gasteiger partial charge is 0.354 e. The molecule has 2 rings (SSSR count). The number of benzene rings is 1. The topological polar surface area (TPSA) is 120 Å². The first-order valence-electron chi connectivity index (χ1n) is 6.25. The number of halogens is 1. The van der Waals surface area contributed by atoms with Gasteiger partial charge in [0.1, 0.15) is 11.9 Å². The van der Waals surface area contributed by atoms with Gasteiger partial charge >= 0.3 is 11.7 Å². The second kappa shape index (κ2) is 5.76. The number of nitrogens with zero attached hydrogens (tertiary/aromatic N) is 3. The fourth-order valence-electron chi connectivity index (χ4n) is 1.99. The van der Waals surface area contributed by atoms with Crippen LogP contribution >= 0.6 is 0 Å². The van der Waals surface area contributed by atoms with E-state index in [1.165, 1.54) is 6.92 Å². The number of aryl methyl sites for hydroxylation is 1. The molecule has 0 unspecified atom stereocenters. The highest BCUT2D eigenvalue weighted by Gasteiger charge is 2.20. The molecule has 8 nitrogen and oxygen atoms in total. The first-order valence-corrected chi connectivity index (χ1v) is 6.25. The van der Waals surface area contributed by atoms with Crippen molar-refractivity contribution in [3.05, 3.63) is 61.7 Å². The quantitative estimate of drug-likeness (QED) is 0.606. The van der Waals surface area contributed by atoms with Crippen molar-refractivity contribution in [2.75, 3.05) is 13.0 Å². The van der Waals surface area contributed by atoms with Gasteiger partial charge in [0.15, 0.2) is 0 Å². The number of hydrogen-bond acceptors (Lipinski definition) is 6. The second-order valence-corrected chi connectivity index (χ2v) is 4.56. The largest absolute Gasteiger partial charge is 0.465 e. The maximum absolute atomic E-state index is 14.2. The normalized spacial score (nSPS) is 10.2. The number of carbonyl (C=O) groups excluding carboxylic acids is 1. The van der Waals surface area contributed by atoms with E-state index in [9.17, 15) is 18.8 Å². The minimum atomic E-state index is -1.03. The molecule has 0 bridgehead atoms. The van der Waals surface area contributed by atoms with Crippen LogP contribution in [0.3, 0.4) is 0 Å². The van der Waals surface area contributed by atoms with Gasteiger partial charge in [0.2, 0.25) is 0 Å². The van der Waals surface area contributed by atoms with E-state index in [1.807, 2.05) is 0 Å². The third-order valence-corrected chi connectivity index (χ3v) is 3.18. The van der Waals surface area contributed by atoms with Crippen molar-refractivity contribution in [2.45, 2.75) is 6.92 Å². The Morgan fingerprint density at radius 2 is 2.00 bits per heavy atom. The summed E-state index contributed by atoms with van der Waals surface area (Å²) in [5, 5.41) is 8.96. The Balaban J connectivity index is 2.89. The van der Waals surface area contributed by atoms with E-state index < -0.39 is 28.7 Å². The lowest BCUT2D eigenvalue weighted by molar-refractivity contribution is 0.0600. The van der Waals surface area contributed by atoms with Crippen LogP contribution in [0.2, 0.25) is 0 Å². The van der Waals surface area contributed by atoms with Gasteiger partial charge in [-0.15, -0.1) is 0 Å². The molecule has 0 spiro atoms. The van der Waals surface area contributed by atoms with Crippen LogP contribution in [-0.4, -0.2) is 22.3 Å². The number of rotatable bonds is 2. The second-order valence-electron chi connectivity index (χ2n) is 4.56. The van der Waals surface area contributed by atoms with Crippen LogP contribution < -0.4 is 17.1 Å². The fraction of sp³-hybridized carbons (Fsp3) is 0.143. The molecule has 0 fully saturated rings. The zero-order chi connectivity index (χ0) is 17.3. The first-order chi connectivity index (χ1) is 10.8. The van der Waals surface area contributed by atoms with Gasteiger partial charge in [-0.3, -0.25) is 4.79 Å². The van der Waals surface area contributed by atoms with E-state index in [-0.39, 0.29) is 16.8 Å². The highest BCUT2D eigenvalue weighted by Crippen LogP contribution is 2.18. The van der Waals surface area contributed by atoms with Crippen LogP contribution in [0.15, 0.2) is 27.8 Å². The summed E-state index contributed by atoms with van der Waals surface area (Å²) in [5.74, 6) is 3.56. The summed E-state index contributed by atoms with van der Waals surface area (Å²) in [6.07, 6.45) is 0. The maximum Gasteiger partial charge on any atom is 0.354 e. The summed E-state index contributed by atoms with van der Waals surface area (Å²) in [5.41, 5.74) is -2.70. The van der Waals surface area contributed by atoms with Crippen LogP contribution in [0.4, 0.5) is 4.39 Å². The highest BCUT2D eigenvalue weighted by atomic mass is 19.1. The Labute approximate surface area is 128 Å². The standard InChI is InChI=1S/C14H11FN4O4/c1-7-3-12(20)18(14(22)19(7)17)11-5-9(13(21)23-2)8(6-16)4-10(11)15/h3-5H,17H2,1-2H3. The minimum absolute atomic E-state index is 0.179. The van der Waals surface area contributed by atoms with Gasteiger partial charge in [-0.2, -0.15) is 5.26 Å². The number of nitrogens with two attached hydrogens (primary N) is 1. The predicted molar refractivity (Wildman–Crippen MR) is 77.2 cm³/mol. The summed E-state index contributed by atoms with van der Waals surface area (Å²) in [7, 11) is 1.08. The van der Waals surface area contributed by atoms with Crippen LogP contribution in [-0.2, 0) is 4.74 Å². The molecule has 0 aliphatic carbocycles. The number of methoxy groups -OCH3 is 1. The van der Waals surface area contributed by atoms with Crippen molar-refractivity contribution in [2.24, 2.45) is 0 Å². The molecule has 0 saturated heterocycles. The molecular formula is C14H11FN4O4. The minimum Gasteiger partial charge on any atom is -0.465 e. The third-order valence-electron chi connectivity index (χ3n) is 3.18. The van der Waals surface area contributed by atoms with Crippen LogP contribution in [0.25, 0.3) is 5.69 Å². The van der Waals surface area contributed by atoms with E-state index in [0.29, 0.717) is 9.24 Å². The van der Waals surface area contributed by atoms with Gasteiger partial charge < -0.3 is 10.6 Å². The van der Waals surface area contributed by atoms with Gasteiger partial charge in [0.25, 0.3) is 5.56 Å². The number of carbonyl (C=O) groups is 1. The molecule has 118 valence electrons. The molecule has 0 saturated carbocycles. The number of nitrogen functional groups attached to an aromatic ring is 1. The highest BCUT2D eigenvalue weighted by molar-refractivity contribution is 5.92. The molecule has 23 heavy (non-hydrogen) atoms. The molecule has 0 amide bonds. The Morgan fingerprint density at radius 3 is 2.57 bits per heavy atom. The Morgan fingerprint density at radius 1 is 1.35 bits per heavy atom. The predicted octanol–water partition coefficient (Wildman–Crippen LogP) is -0.181. The van der Waals surface area contributed by atoms with Crippen molar-refractivity contribution in [1.82, 2.24) is 9.24 Å². The molecule has 2 N–H and O–H groups in total. The zero-order valence-electron chi connectivity index (χ0n) is 12.2. The van der Waals surface area contributed by atoms with Crippen molar-refractivity contribution in [3.8, 4) is 11.8 Å². The van der Waals surface area contributed by atoms with E-state index >= 15 is 0 Å². The summed E-state index contributed by atoms with van der Waals surface area (Å²) in [4.78, 5) is 35.8. The van der Waals surface area contributed by atoms with Gasteiger partial charge in [0, 0.05) is 11.8 Å². The fourth-order valence-corrected chi connectivity index (χ4v) is 1.99. The molecule has 0 atom stereocenters. The van der Waals surface area contributed by atoms with Gasteiger partial charge in [-0.25, -0.2) is 23.2 Å². The third kappa shape index (κ3) is 2.57. The number of hydrogen-bond donors (Lipinski definition) is 1. The number of nitriles is 1. The molecule has 1 aromatic heterocycles.